The lowest BCUT2D eigenvalue weighted by Gasteiger charge is -2.19. The Bertz CT molecular complexity index is 768. The zero-order valence-corrected chi connectivity index (χ0v) is 29.2. The summed E-state index contributed by atoms with van der Waals surface area (Å²) in [6, 6.07) is 0. The van der Waals surface area contributed by atoms with Gasteiger partial charge in [0.1, 0.15) is 12.7 Å². The van der Waals surface area contributed by atoms with Gasteiger partial charge in [0.15, 0.2) is 0 Å². The molecule has 5 heteroatoms. The molecule has 0 aromatic rings. The molecule has 0 amide bonds. The van der Waals surface area contributed by atoms with Crippen molar-refractivity contribution in [1.82, 2.24) is 4.90 Å². The highest BCUT2D eigenvalue weighted by molar-refractivity contribution is 5.70. The van der Waals surface area contributed by atoms with Crippen molar-refractivity contribution in [2.75, 3.05) is 27.2 Å². The van der Waals surface area contributed by atoms with Gasteiger partial charge >= 0.3 is 11.9 Å². The molecular weight excluding hydrogens is 546 g/mol. The maximum Gasteiger partial charge on any atom is 0.306 e. The van der Waals surface area contributed by atoms with Crippen molar-refractivity contribution >= 4 is 11.9 Å². The first-order valence-electron chi connectivity index (χ1n) is 18.1. The van der Waals surface area contributed by atoms with Crippen LogP contribution in [0.15, 0.2) is 48.6 Å². The standard InChI is InChI=1S/C39H69NO4/c1-5-7-9-11-13-15-17-19-21-23-25-27-29-33-38(41)43-36-37(32-31-35-40(3)4)44-39(42)34-30-28-26-24-22-20-18-16-14-12-10-8-6-2/h7-10,19-22,37H,5-6,11-18,23-36H2,1-4H3/b9-7-,10-8-,21-19-,22-20-/t37-/m0/s1. The second kappa shape index (κ2) is 33.7. The maximum atomic E-state index is 12.5. The van der Waals surface area contributed by atoms with Crippen LogP contribution in [0.25, 0.3) is 0 Å². The number of rotatable bonds is 31. The molecule has 0 bridgehead atoms. The van der Waals surface area contributed by atoms with Gasteiger partial charge in [-0.2, -0.15) is 0 Å². The molecule has 0 fully saturated rings. The lowest BCUT2D eigenvalue weighted by molar-refractivity contribution is -0.159. The summed E-state index contributed by atoms with van der Waals surface area (Å²) in [5.41, 5.74) is 0. The second-order valence-corrected chi connectivity index (χ2v) is 12.2. The van der Waals surface area contributed by atoms with E-state index >= 15 is 0 Å². The van der Waals surface area contributed by atoms with Gasteiger partial charge in [-0.05, 0) is 136 Å². The summed E-state index contributed by atoms with van der Waals surface area (Å²) in [6.45, 7) is 5.42. The molecule has 0 spiro atoms. The summed E-state index contributed by atoms with van der Waals surface area (Å²) >= 11 is 0. The second-order valence-electron chi connectivity index (χ2n) is 12.2. The quantitative estimate of drug-likeness (QED) is 0.0441. The SMILES string of the molecule is CC/C=C\CCCC/C=C\CCCCCC(=O)OC[C@H](CCCN(C)C)OC(=O)CCCCC/C=C\CCCC/C=C\CC. The molecule has 44 heavy (non-hydrogen) atoms. The van der Waals surface area contributed by atoms with Crippen molar-refractivity contribution in [1.29, 1.82) is 0 Å². The zero-order valence-electron chi connectivity index (χ0n) is 29.2. The average Bonchev–Trinajstić information content (AvgIpc) is 3.00. The van der Waals surface area contributed by atoms with E-state index in [4.69, 9.17) is 9.47 Å². The third-order valence-electron chi connectivity index (χ3n) is 7.48. The first kappa shape index (κ1) is 41.9. The highest BCUT2D eigenvalue weighted by atomic mass is 16.6. The molecule has 0 aromatic heterocycles. The van der Waals surface area contributed by atoms with E-state index < -0.39 is 0 Å². The van der Waals surface area contributed by atoms with Crippen molar-refractivity contribution < 1.29 is 19.1 Å². The molecule has 0 aliphatic rings. The lowest BCUT2D eigenvalue weighted by atomic mass is 10.1. The van der Waals surface area contributed by atoms with Crippen molar-refractivity contribution in [3.63, 3.8) is 0 Å². The van der Waals surface area contributed by atoms with Crippen LogP contribution in [0.1, 0.15) is 155 Å². The van der Waals surface area contributed by atoms with E-state index in [2.05, 4.69) is 67.4 Å². The Balaban J connectivity index is 4.04. The molecule has 0 aliphatic heterocycles. The van der Waals surface area contributed by atoms with Crippen LogP contribution < -0.4 is 0 Å². The fourth-order valence-corrected chi connectivity index (χ4v) is 4.82. The molecule has 5 nitrogen and oxygen atoms in total. The largest absolute Gasteiger partial charge is 0.462 e. The molecule has 254 valence electrons. The Morgan fingerprint density at radius 2 is 0.955 bits per heavy atom. The fraction of sp³-hybridized carbons (Fsp3) is 0.744. The molecule has 1 atom stereocenters. The number of nitrogens with zero attached hydrogens (tertiary/aromatic N) is 1. The van der Waals surface area contributed by atoms with E-state index in [1.807, 2.05) is 14.1 Å². The third kappa shape index (κ3) is 32.8. The van der Waals surface area contributed by atoms with Crippen LogP contribution in [0.3, 0.4) is 0 Å². The Kier molecular flexibility index (Phi) is 32.1. The summed E-state index contributed by atoms with van der Waals surface area (Å²) in [4.78, 5) is 26.9. The molecule has 0 unspecified atom stereocenters. The number of carbonyl (C=O) groups excluding carboxylic acids is 2. The van der Waals surface area contributed by atoms with Crippen molar-refractivity contribution in [2.45, 2.75) is 161 Å². The van der Waals surface area contributed by atoms with Crippen LogP contribution in [-0.4, -0.2) is 50.2 Å². The van der Waals surface area contributed by atoms with Gasteiger partial charge in [0.25, 0.3) is 0 Å². The van der Waals surface area contributed by atoms with Gasteiger partial charge in [0.2, 0.25) is 0 Å². The minimum atomic E-state index is -0.361. The molecule has 0 rings (SSSR count). The number of esters is 2. The van der Waals surface area contributed by atoms with Crippen LogP contribution in [0.4, 0.5) is 0 Å². The van der Waals surface area contributed by atoms with Gasteiger partial charge in [-0.1, -0.05) is 75.3 Å². The first-order valence-corrected chi connectivity index (χ1v) is 18.1. The topological polar surface area (TPSA) is 55.8 Å². The predicted octanol–water partition coefficient (Wildman–Crippen LogP) is 10.8. The van der Waals surface area contributed by atoms with Gasteiger partial charge in [-0.15, -0.1) is 0 Å². The highest BCUT2D eigenvalue weighted by Crippen LogP contribution is 2.12. The Morgan fingerprint density at radius 3 is 1.39 bits per heavy atom. The number of allylic oxidation sites excluding steroid dienone is 8. The molecule has 0 heterocycles. The van der Waals surface area contributed by atoms with Crippen LogP contribution in [-0.2, 0) is 19.1 Å². The summed E-state index contributed by atoms with van der Waals surface area (Å²) < 4.78 is 11.3. The summed E-state index contributed by atoms with van der Waals surface area (Å²) in [5, 5.41) is 0. The normalized spacial score (nSPS) is 12.8. The third-order valence-corrected chi connectivity index (χ3v) is 7.48. The number of carbonyl (C=O) groups is 2. The van der Waals surface area contributed by atoms with Gasteiger partial charge in [-0.25, -0.2) is 0 Å². The van der Waals surface area contributed by atoms with E-state index in [0.717, 1.165) is 90.0 Å². The Labute approximate surface area is 272 Å². The molecule has 0 N–H and O–H groups in total. The number of hydrogen-bond acceptors (Lipinski definition) is 5. The van der Waals surface area contributed by atoms with E-state index in [-0.39, 0.29) is 24.6 Å². The molecular formula is C39H69NO4. The summed E-state index contributed by atoms with van der Waals surface area (Å²) in [6.07, 6.45) is 40.3. The monoisotopic (exact) mass is 616 g/mol. The molecule has 0 aromatic carbocycles. The maximum absolute atomic E-state index is 12.5. The Morgan fingerprint density at radius 1 is 0.545 bits per heavy atom. The zero-order chi connectivity index (χ0) is 32.4. The molecule has 0 saturated carbocycles. The van der Waals surface area contributed by atoms with Crippen LogP contribution >= 0.6 is 0 Å². The number of hydrogen-bond donors (Lipinski definition) is 0. The summed E-state index contributed by atoms with van der Waals surface area (Å²) in [5.74, 6) is -0.363. The molecule has 0 radical (unpaired) electrons. The number of unbranched alkanes of at least 4 members (excludes halogenated alkanes) is 12. The smallest absolute Gasteiger partial charge is 0.306 e. The number of ether oxygens (including phenoxy) is 2. The van der Waals surface area contributed by atoms with E-state index in [1.165, 1.54) is 38.5 Å². The fourth-order valence-electron chi connectivity index (χ4n) is 4.82. The minimum Gasteiger partial charge on any atom is -0.462 e. The molecule has 0 saturated heterocycles. The van der Waals surface area contributed by atoms with Gasteiger partial charge in [0.05, 0.1) is 0 Å². The van der Waals surface area contributed by atoms with Crippen LogP contribution in [0, 0.1) is 0 Å². The van der Waals surface area contributed by atoms with E-state index in [0.29, 0.717) is 19.3 Å². The van der Waals surface area contributed by atoms with Crippen molar-refractivity contribution in [3.8, 4) is 0 Å². The van der Waals surface area contributed by atoms with Gasteiger partial charge < -0.3 is 14.4 Å². The summed E-state index contributed by atoms with van der Waals surface area (Å²) in [7, 11) is 4.07. The van der Waals surface area contributed by atoms with Gasteiger partial charge in [0, 0.05) is 12.8 Å². The minimum absolute atomic E-state index is 0.161. The van der Waals surface area contributed by atoms with Crippen LogP contribution in [0.2, 0.25) is 0 Å². The average molecular weight is 616 g/mol. The van der Waals surface area contributed by atoms with E-state index in [9.17, 15) is 9.59 Å². The van der Waals surface area contributed by atoms with Gasteiger partial charge in [-0.3, -0.25) is 9.59 Å². The molecule has 0 aliphatic carbocycles. The first-order chi connectivity index (χ1) is 21.5. The van der Waals surface area contributed by atoms with Crippen LogP contribution in [0.5, 0.6) is 0 Å². The highest BCUT2D eigenvalue weighted by Gasteiger charge is 2.17. The lowest BCUT2D eigenvalue weighted by Crippen LogP contribution is -2.26. The van der Waals surface area contributed by atoms with Crippen molar-refractivity contribution in [3.05, 3.63) is 48.6 Å². The predicted molar refractivity (Wildman–Crippen MR) is 189 cm³/mol. The van der Waals surface area contributed by atoms with Crippen molar-refractivity contribution in [2.24, 2.45) is 0 Å². The van der Waals surface area contributed by atoms with E-state index in [1.54, 1.807) is 0 Å². The Hall–Kier alpha value is -2.14.